The molecule has 2 heterocycles. The number of amides is 2. The van der Waals surface area contributed by atoms with E-state index in [0.29, 0.717) is 13.0 Å². The Labute approximate surface area is 177 Å². The minimum atomic E-state index is -0.618. The Morgan fingerprint density at radius 1 is 1.23 bits per heavy atom. The molecular weight excluding hydrogens is 380 g/mol. The number of hydrogen-bond donors (Lipinski definition) is 3. The minimum absolute atomic E-state index is 0.00494. The Bertz CT molecular complexity index is 855. The van der Waals surface area contributed by atoms with E-state index in [1.165, 1.54) is 0 Å². The summed E-state index contributed by atoms with van der Waals surface area (Å²) in [6.45, 7) is 4.08. The summed E-state index contributed by atoms with van der Waals surface area (Å²) >= 11 is 0. The molecule has 0 spiro atoms. The van der Waals surface area contributed by atoms with E-state index in [1.54, 1.807) is 17.3 Å². The highest BCUT2D eigenvalue weighted by Crippen LogP contribution is 2.23. The van der Waals surface area contributed by atoms with Gasteiger partial charge in [-0.3, -0.25) is 14.6 Å². The van der Waals surface area contributed by atoms with Crippen LogP contribution >= 0.6 is 0 Å². The van der Waals surface area contributed by atoms with Crippen LogP contribution in [0.2, 0.25) is 0 Å². The number of aromatic nitrogens is 1. The van der Waals surface area contributed by atoms with Crippen LogP contribution in [0.15, 0.2) is 48.8 Å². The van der Waals surface area contributed by atoms with Gasteiger partial charge in [0, 0.05) is 18.9 Å². The Morgan fingerprint density at radius 2 is 1.97 bits per heavy atom. The zero-order valence-corrected chi connectivity index (χ0v) is 17.5. The molecule has 3 atom stereocenters. The molecule has 1 aromatic carbocycles. The van der Waals surface area contributed by atoms with Crippen molar-refractivity contribution in [1.82, 2.24) is 15.2 Å². The molecule has 0 radical (unpaired) electrons. The Kier molecular flexibility index (Phi) is 7.18. The SMILES string of the molecule is CC(C)C(N)C(=O)N1CCCC1C(=O)NC(CO)c1ccc(-c2cccnc2)cc1. The predicted molar refractivity (Wildman–Crippen MR) is 115 cm³/mol. The summed E-state index contributed by atoms with van der Waals surface area (Å²) in [4.78, 5) is 31.3. The standard InChI is InChI=1S/C23H30N4O3/c1-15(2)21(24)23(30)27-12-4-6-20(27)22(29)26-19(14-28)17-9-7-16(8-10-17)18-5-3-11-25-13-18/h3,5,7-11,13,15,19-21,28H,4,6,12,14,24H2,1-2H3,(H,26,29). The van der Waals surface area contributed by atoms with Crippen LogP contribution in [0.4, 0.5) is 0 Å². The fourth-order valence-electron chi connectivity index (χ4n) is 3.72. The topological polar surface area (TPSA) is 109 Å². The van der Waals surface area contributed by atoms with Crippen LogP contribution < -0.4 is 11.1 Å². The normalized spacial score (nSPS) is 18.3. The first-order chi connectivity index (χ1) is 14.4. The summed E-state index contributed by atoms with van der Waals surface area (Å²) in [5.41, 5.74) is 8.82. The van der Waals surface area contributed by atoms with Gasteiger partial charge in [-0.2, -0.15) is 0 Å². The van der Waals surface area contributed by atoms with E-state index < -0.39 is 18.1 Å². The third-order valence-electron chi connectivity index (χ3n) is 5.65. The van der Waals surface area contributed by atoms with Gasteiger partial charge in [0.2, 0.25) is 11.8 Å². The Hall–Kier alpha value is -2.77. The van der Waals surface area contributed by atoms with Gasteiger partial charge < -0.3 is 21.1 Å². The molecule has 4 N–H and O–H groups in total. The molecule has 160 valence electrons. The lowest BCUT2D eigenvalue weighted by atomic mass is 10.0. The first-order valence-electron chi connectivity index (χ1n) is 10.4. The number of aliphatic hydroxyl groups excluding tert-OH is 1. The zero-order valence-electron chi connectivity index (χ0n) is 17.5. The lowest BCUT2D eigenvalue weighted by Gasteiger charge is -2.29. The molecule has 0 saturated carbocycles. The molecule has 7 nitrogen and oxygen atoms in total. The number of nitrogens with two attached hydrogens (primary N) is 1. The lowest BCUT2D eigenvalue weighted by molar-refractivity contribution is -0.140. The number of hydrogen-bond acceptors (Lipinski definition) is 5. The van der Waals surface area contributed by atoms with Crippen molar-refractivity contribution >= 4 is 11.8 Å². The first-order valence-corrected chi connectivity index (χ1v) is 10.4. The summed E-state index contributed by atoms with van der Waals surface area (Å²) in [6.07, 6.45) is 4.87. The van der Waals surface area contributed by atoms with Crippen LogP contribution in [-0.2, 0) is 9.59 Å². The summed E-state index contributed by atoms with van der Waals surface area (Å²) in [5, 5.41) is 12.8. The van der Waals surface area contributed by atoms with Crippen molar-refractivity contribution in [3.05, 3.63) is 54.4 Å². The van der Waals surface area contributed by atoms with Crippen LogP contribution in [0.3, 0.4) is 0 Å². The second-order valence-corrected chi connectivity index (χ2v) is 8.07. The van der Waals surface area contributed by atoms with Crippen LogP contribution in [0.1, 0.15) is 38.3 Å². The quantitative estimate of drug-likeness (QED) is 0.646. The van der Waals surface area contributed by atoms with Gasteiger partial charge in [-0.1, -0.05) is 44.2 Å². The maximum absolute atomic E-state index is 12.9. The number of carbonyl (C=O) groups excluding carboxylic acids is 2. The molecule has 1 saturated heterocycles. The molecule has 2 amide bonds. The molecule has 0 aliphatic carbocycles. The number of aliphatic hydroxyl groups is 1. The van der Waals surface area contributed by atoms with E-state index in [-0.39, 0.29) is 24.3 Å². The van der Waals surface area contributed by atoms with Gasteiger partial charge in [0.15, 0.2) is 0 Å². The van der Waals surface area contributed by atoms with E-state index in [0.717, 1.165) is 23.1 Å². The van der Waals surface area contributed by atoms with Crippen molar-refractivity contribution in [1.29, 1.82) is 0 Å². The largest absolute Gasteiger partial charge is 0.394 e. The highest BCUT2D eigenvalue weighted by molar-refractivity contribution is 5.90. The third kappa shape index (κ3) is 4.86. The molecule has 1 aliphatic rings. The van der Waals surface area contributed by atoms with Crippen LogP contribution in [0, 0.1) is 5.92 Å². The fraction of sp³-hybridized carbons (Fsp3) is 0.435. The van der Waals surface area contributed by atoms with Gasteiger partial charge >= 0.3 is 0 Å². The summed E-state index contributed by atoms with van der Waals surface area (Å²) < 4.78 is 0. The summed E-state index contributed by atoms with van der Waals surface area (Å²) in [5.74, 6) is -0.443. The maximum atomic E-state index is 12.9. The van der Waals surface area contributed by atoms with Gasteiger partial charge in [0.05, 0.1) is 18.7 Å². The van der Waals surface area contributed by atoms with Crippen molar-refractivity contribution in [2.75, 3.05) is 13.2 Å². The second-order valence-electron chi connectivity index (χ2n) is 8.07. The zero-order chi connectivity index (χ0) is 21.7. The van der Waals surface area contributed by atoms with E-state index >= 15 is 0 Å². The van der Waals surface area contributed by atoms with Crippen molar-refractivity contribution < 1.29 is 14.7 Å². The fourth-order valence-corrected chi connectivity index (χ4v) is 3.72. The van der Waals surface area contributed by atoms with Crippen LogP contribution in [-0.4, -0.2) is 52.0 Å². The number of likely N-dealkylation sites (tertiary alicyclic amines) is 1. The van der Waals surface area contributed by atoms with Gasteiger partial charge in [-0.25, -0.2) is 0 Å². The Balaban J connectivity index is 1.69. The maximum Gasteiger partial charge on any atom is 0.243 e. The van der Waals surface area contributed by atoms with E-state index in [9.17, 15) is 14.7 Å². The molecular formula is C23H30N4O3. The average Bonchev–Trinajstić information content (AvgIpc) is 3.27. The van der Waals surface area contributed by atoms with Gasteiger partial charge in [-0.05, 0) is 41.5 Å². The van der Waals surface area contributed by atoms with Crippen LogP contribution in [0.5, 0.6) is 0 Å². The molecule has 1 fully saturated rings. The van der Waals surface area contributed by atoms with E-state index in [1.807, 2.05) is 50.2 Å². The smallest absolute Gasteiger partial charge is 0.243 e. The molecule has 1 aliphatic heterocycles. The van der Waals surface area contributed by atoms with Crippen molar-refractivity contribution in [2.24, 2.45) is 11.7 Å². The molecule has 30 heavy (non-hydrogen) atoms. The second kappa shape index (κ2) is 9.82. The minimum Gasteiger partial charge on any atom is -0.394 e. The summed E-state index contributed by atoms with van der Waals surface area (Å²) in [7, 11) is 0. The highest BCUT2D eigenvalue weighted by atomic mass is 16.3. The molecule has 2 aromatic rings. The molecule has 7 heteroatoms. The van der Waals surface area contributed by atoms with Crippen molar-refractivity contribution in [3.8, 4) is 11.1 Å². The van der Waals surface area contributed by atoms with E-state index in [2.05, 4.69) is 10.3 Å². The van der Waals surface area contributed by atoms with Gasteiger partial charge in [-0.15, -0.1) is 0 Å². The summed E-state index contributed by atoms with van der Waals surface area (Å²) in [6, 6.07) is 9.78. The van der Waals surface area contributed by atoms with Crippen LogP contribution in [0.25, 0.3) is 11.1 Å². The molecule has 0 bridgehead atoms. The highest BCUT2D eigenvalue weighted by Gasteiger charge is 2.37. The van der Waals surface area contributed by atoms with Gasteiger partial charge in [0.1, 0.15) is 6.04 Å². The monoisotopic (exact) mass is 410 g/mol. The van der Waals surface area contributed by atoms with Crippen molar-refractivity contribution in [2.45, 2.75) is 44.8 Å². The number of benzene rings is 1. The average molecular weight is 411 g/mol. The van der Waals surface area contributed by atoms with E-state index in [4.69, 9.17) is 5.73 Å². The van der Waals surface area contributed by atoms with Gasteiger partial charge in [0.25, 0.3) is 0 Å². The number of rotatable bonds is 7. The number of carbonyl (C=O) groups is 2. The molecule has 1 aromatic heterocycles. The van der Waals surface area contributed by atoms with Crippen molar-refractivity contribution in [3.63, 3.8) is 0 Å². The predicted octanol–water partition coefficient (Wildman–Crippen LogP) is 1.87. The number of nitrogens with one attached hydrogen (secondary N) is 1. The number of pyridine rings is 1. The first kappa shape index (κ1) is 21.9. The third-order valence-corrected chi connectivity index (χ3v) is 5.65. The Morgan fingerprint density at radius 3 is 2.57 bits per heavy atom. The molecule has 3 rings (SSSR count). The molecule has 3 unspecified atom stereocenters. The number of nitrogens with zero attached hydrogens (tertiary/aromatic N) is 2. The lowest BCUT2D eigenvalue weighted by Crippen LogP contribution is -2.53.